The van der Waals surface area contributed by atoms with E-state index < -0.39 is 48.6 Å². The molecule has 3 aromatic rings. The van der Waals surface area contributed by atoms with Crippen LogP contribution in [0.5, 0.6) is 0 Å². The lowest BCUT2D eigenvalue weighted by Gasteiger charge is -2.49. The van der Waals surface area contributed by atoms with Gasteiger partial charge in [0.25, 0.3) is 18.2 Å². The molecule has 0 aromatic carbocycles. The molecule has 2 aliphatic rings. The van der Waals surface area contributed by atoms with Crippen LogP contribution < -0.4 is 15.6 Å². The first-order valence-corrected chi connectivity index (χ1v) is 14.4. The number of pyridine rings is 1. The van der Waals surface area contributed by atoms with Crippen LogP contribution in [-0.4, -0.2) is 73.0 Å². The number of β-lactam (4-membered cyclic amide) rings is 1. The molecule has 0 spiro atoms. The number of carbonyl (C=O) groups excluding carboxylic acids is 2. The maximum atomic E-state index is 13.1. The maximum Gasteiger partial charge on any atom is 0.353 e. The molecule has 5 rings (SSSR count). The lowest BCUT2D eigenvalue weighted by atomic mass is 9.86. The number of alkyl halides is 2. The van der Waals surface area contributed by atoms with Gasteiger partial charge in [0.1, 0.15) is 18.8 Å². The van der Waals surface area contributed by atoms with Gasteiger partial charge >= 0.3 is 5.97 Å². The van der Waals surface area contributed by atoms with Crippen molar-refractivity contribution < 1.29 is 37.7 Å². The highest BCUT2D eigenvalue weighted by atomic mass is 32.2. The first-order chi connectivity index (χ1) is 19.6. The first kappa shape index (κ1) is 28.5. The number of nitrogens with one attached hydrogen (secondary N) is 1. The topological polar surface area (TPSA) is 177 Å². The second kappa shape index (κ2) is 11.8. The molecule has 0 aliphatic carbocycles. The van der Waals surface area contributed by atoms with Crippen LogP contribution in [0.15, 0.2) is 50.0 Å². The number of aliphatic carboxylic acids is 1. The van der Waals surface area contributed by atoms with Crippen LogP contribution >= 0.6 is 34.6 Å². The summed E-state index contributed by atoms with van der Waals surface area (Å²) in [7, 11) is 1.90. The summed E-state index contributed by atoms with van der Waals surface area (Å²) in [6.07, 6.45) is 1.64. The number of aryl methyl sites for hydroxylation is 1. The van der Waals surface area contributed by atoms with Gasteiger partial charge in [0, 0.05) is 39.5 Å². The van der Waals surface area contributed by atoms with Crippen LogP contribution in [-0.2, 0) is 26.3 Å². The van der Waals surface area contributed by atoms with Crippen molar-refractivity contribution in [2.45, 2.75) is 35.7 Å². The Balaban J connectivity index is 1.32. The molecule has 1 saturated heterocycles. The maximum absolute atomic E-state index is 13.1. The van der Waals surface area contributed by atoms with Gasteiger partial charge in [0.2, 0.25) is 11.5 Å². The average molecular weight is 624 g/mol. The molecule has 5 heterocycles. The molecular weight excluding hydrogens is 603 g/mol. The Morgan fingerprint density at radius 1 is 1.37 bits per heavy atom. The molecule has 1 fully saturated rings. The zero-order chi connectivity index (χ0) is 29.3. The number of amides is 2. The van der Waals surface area contributed by atoms with E-state index in [9.17, 15) is 28.3 Å². The van der Waals surface area contributed by atoms with Gasteiger partial charge in [0.15, 0.2) is 28.5 Å². The fourth-order valence-electron chi connectivity index (χ4n) is 4.22. The molecule has 2 atom stereocenters. The Morgan fingerprint density at radius 3 is 2.78 bits per heavy atom. The largest absolute Gasteiger partial charge is 0.477 e. The number of hydrogen-bond acceptors (Lipinski definition) is 12. The van der Waals surface area contributed by atoms with Crippen LogP contribution in [0.3, 0.4) is 0 Å². The molecule has 4 N–H and O–H groups in total. The molecule has 13 nitrogen and oxygen atoms in total. The molecule has 214 valence electrons. The van der Waals surface area contributed by atoms with Crippen molar-refractivity contribution in [3.63, 3.8) is 0 Å². The minimum atomic E-state index is -2.84. The number of anilines is 1. The normalized spacial score (nSPS) is 18.8. The number of oxime groups is 1. The van der Waals surface area contributed by atoms with Crippen molar-refractivity contribution in [2.75, 3.05) is 12.3 Å². The summed E-state index contributed by atoms with van der Waals surface area (Å²) >= 11 is 3.30. The van der Waals surface area contributed by atoms with Crippen LogP contribution in [0.1, 0.15) is 18.7 Å². The first-order valence-electron chi connectivity index (χ1n) is 11.9. The van der Waals surface area contributed by atoms with Crippen LogP contribution in [0.4, 0.5) is 13.9 Å². The summed E-state index contributed by atoms with van der Waals surface area (Å²) in [5, 5.41) is 17.8. The van der Waals surface area contributed by atoms with Gasteiger partial charge in [-0.2, -0.15) is 9.36 Å². The number of thiazole rings is 1. The molecule has 2 aliphatic heterocycles. The van der Waals surface area contributed by atoms with Gasteiger partial charge in [-0.1, -0.05) is 16.9 Å². The Kier molecular flexibility index (Phi) is 8.22. The van der Waals surface area contributed by atoms with E-state index in [2.05, 4.69) is 29.7 Å². The number of nitrogens with two attached hydrogens (primary N) is 1. The summed E-state index contributed by atoms with van der Waals surface area (Å²) in [4.78, 5) is 52.9. The van der Waals surface area contributed by atoms with Gasteiger partial charge in [-0.15, -0.1) is 11.3 Å². The van der Waals surface area contributed by atoms with Gasteiger partial charge in [-0.3, -0.25) is 14.5 Å². The number of carbonyl (C=O) groups is 3. The second-order valence-corrected chi connectivity index (χ2v) is 11.8. The predicted molar refractivity (Wildman–Crippen MR) is 144 cm³/mol. The van der Waals surface area contributed by atoms with Crippen molar-refractivity contribution in [3.8, 4) is 11.3 Å². The monoisotopic (exact) mass is 623 g/mol. The number of aromatic nitrogens is 4. The third-order valence-corrected chi connectivity index (χ3v) is 8.70. The molecule has 18 heteroatoms. The zero-order valence-corrected chi connectivity index (χ0v) is 23.5. The number of fused-ring (bicyclic) bond motifs is 1. The third kappa shape index (κ3) is 6.03. The Hall–Kier alpha value is -4.03. The predicted octanol–water partition coefficient (Wildman–Crippen LogP) is 1.63. The Labute approximate surface area is 242 Å². The van der Waals surface area contributed by atoms with Gasteiger partial charge in [0.05, 0.1) is 11.7 Å². The summed E-state index contributed by atoms with van der Waals surface area (Å²) in [5.41, 5.74) is 6.50. The highest BCUT2D eigenvalue weighted by molar-refractivity contribution is 8.04. The summed E-state index contributed by atoms with van der Waals surface area (Å²) in [6, 6.07) is 2.12. The molecule has 0 unspecified atom stereocenters. The smallest absolute Gasteiger partial charge is 0.353 e. The molecule has 0 radical (unpaired) electrons. The number of nitrogens with zero attached hydrogens (tertiary/aromatic N) is 6. The van der Waals surface area contributed by atoms with E-state index in [0.717, 1.165) is 27.7 Å². The number of allylic oxidation sites excluding steroid dienone is 1. The van der Waals surface area contributed by atoms with E-state index >= 15 is 0 Å². The molecule has 0 saturated carbocycles. The zero-order valence-electron chi connectivity index (χ0n) is 21.1. The number of halogens is 2. The number of thioether (sulfide) groups is 1. The molecule has 2 amide bonds. The van der Waals surface area contributed by atoms with Crippen LogP contribution in [0.2, 0.25) is 0 Å². The number of carboxylic acid groups (broad SMARTS) is 1. The minimum Gasteiger partial charge on any atom is -0.477 e. The molecule has 3 aromatic heterocycles. The Bertz CT molecular complexity index is 1560. The van der Waals surface area contributed by atoms with Crippen LogP contribution in [0.25, 0.3) is 11.3 Å². The number of nitrogen functional groups attached to an aromatic ring is 1. The minimum absolute atomic E-state index is 0.000905. The number of hydrogen-bond donors (Lipinski definition) is 3. The van der Waals surface area contributed by atoms with Gasteiger partial charge < -0.3 is 21.0 Å². The fourth-order valence-corrected chi connectivity index (χ4v) is 6.71. The summed E-state index contributed by atoms with van der Waals surface area (Å²) in [5.74, 6) is -3.15. The van der Waals surface area contributed by atoms with E-state index in [1.54, 1.807) is 0 Å². The standard InChI is InChI=1S/C23H20F2N8O5S3/c1-32-6-4-10(5-7-32)11-9-39-23(27-11)40-13-3-2-12-15(20(35)33(12)17(13)21(36)37)28-19(34)16(30-38-8-14(24)25)18-29-22(26)41-31-18/h4-7,9,12,14-15H,2-3,8H2,1H3,(H3-,26,28,29,31,34,36,37)/p+1/b30-16-/t12-,15+/m1/s1. The third-order valence-electron chi connectivity index (χ3n) is 6.07. The summed E-state index contributed by atoms with van der Waals surface area (Å²) in [6.45, 7) is -1.08. The highest BCUT2D eigenvalue weighted by Gasteiger charge is 2.54. The molecule has 0 bridgehead atoms. The number of rotatable bonds is 10. The summed E-state index contributed by atoms with van der Waals surface area (Å²) < 4.78 is 31.4. The van der Waals surface area contributed by atoms with Gasteiger partial charge in [-0.05, 0) is 12.8 Å². The number of carboxylic acids is 1. The van der Waals surface area contributed by atoms with Crippen molar-refractivity contribution in [3.05, 3.63) is 46.3 Å². The van der Waals surface area contributed by atoms with E-state index in [1.807, 2.05) is 41.5 Å². The van der Waals surface area contributed by atoms with E-state index in [4.69, 9.17) is 5.73 Å². The van der Waals surface area contributed by atoms with Crippen molar-refractivity contribution in [1.29, 1.82) is 0 Å². The van der Waals surface area contributed by atoms with Crippen molar-refractivity contribution in [1.82, 2.24) is 24.6 Å². The van der Waals surface area contributed by atoms with E-state index in [1.165, 1.54) is 23.1 Å². The van der Waals surface area contributed by atoms with E-state index in [-0.39, 0.29) is 16.7 Å². The lowest BCUT2D eigenvalue weighted by molar-refractivity contribution is -0.671. The second-order valence-electron chi connectivity index (χ2n) is 8.78. The molecule has 41 heavy (non-hydrogen) atoms. The lowest BCUT2D eigenvalue weighted by Crippen LogP contribution is -2.72. The average Bonchev–Trinajstić information content (AvgIpc) is 3.58. The fraction of sp³-hybridized carbons (Fsp3) is 0.304. The van der Waals surface area contributed by atoms with Crippen molar-refractivity contribution >= 4 is 63.3 Å². The van der Waals surface area contributed by atoms with Crippen molar-refractivity contribution in [2.24, 2.45) is 12.2 Å². The van der Waals surface area contributed by atoms with Crippen LogP contribution in [0, 0.1) is 0 Å². The Morgan fingerprint density at radius 2 is 2.12 bits per heavy atom. The van der Waals surface area contributed by atoms with E-state index in [0.29, 0.717) is 22.1 Å². The quantitative estimate of drug-likeness (QED) is 0.130. The highest BCUT2D eigenvalue weighted by Crippen LogP contribution is 2.44. The van der Waals surface area contributed by atoms with Gasteiger partial charge in [-0.25, -0.2) is 23.1 Å². The SMILES string of the molecule is C[n+]1ccc(-c2csc(SC3=C(C(=O)O)N4C(=O)[C@@H](NC(=O)/C(=N\OCC(F)F)c5nsc(N)n5)[C@H]4CC3)n2)cc1. The molecular formula is C23H21F2N8O5S3+.